The van der Waals surface area contributed by atoms with Gasteiger partial charge in [0.15, 0.2) is 0 Å². The third-order valence-electron chi connectivity index (χ3n) is 6.25. The van der Waals surface area contributed by atoms with Gasteiger partial charge in [-0.25, -0.2) is 4.21 Å². The lowest BCUT2D eigenvalue weighted by Crippen LogP contribution is -2.36. The number of carbonyl (C=O) groups excluding carboxylic acids is 2. The van der Waals surface area contributed by atoms with Crippen LogP contribution in [0, 0.1) is 0 Å². The van der Waals surface area contributed by atoms with Gasteiger partial charge in [-0.15, -0.1) is 0 Å². The number of nitrogens with zero attached hydrogens (tertiary/aromatic N) is 2. The zero-order chi connectivity index (χ0) is 25.5. The molecular formula is C29H33N3O3S. The summed E-state index contributed by atoms with van der Waals surface area (Å²) in [5, 5.41) is 3.01. The standard InChI is InChI=1S/C29H33N3O3S/c1-3-17-31(18-4-2)19-16-30-28(33)23-14-15-27-25(20-23)32(21-22-10-6-5-7-11-22)29(34)24-12-8-9-13-26(24)36(27)35/h5-15,20H,3-4,16-19,21H2,1-2H3,(H,30,33). The first-order valence-electron chi connectivity index (χ1n) is 12.5. The van der Waals surface area contributed by atoms with Crippen LogP contribution in [0.1, 0.15) is 53.0 Å². The van der Waals surface area contributed by atoms with E-state index in [9.17, 15) is 13.8 Å². The van der Waals surface area contributed by atoms with E-state index in [1.54, 1.807) is 47.4 Å². The summed E-state index contributed by atoms with van der Waals surface area (Å²) in [6, 6.07) is 21.8. The number of hydrogen-bond acceptors (Lipinski definition) is 4. The predicted octanol–water partition coefficient (Wildman–Crippen LogP) is 4.87. The van der Waals surface area contributed by atoms with Crippen molar-refractivity contribution in [3.05, 3.63) is 89.5 Å². The summed E-state index contributed by atoms with van der Waals surface area (Å²) in [7, 11) is -1.55. The lowest BCUT2D eigenvalue weighted by molar-refractivity contribution is 0.0945. The van der Waals surface area contributed by atoms with E-state index in [1.807, 2.05) is 30.3 Å². The molecule has 1 N–H and O–H groups in total. The van der Waals surface area contributed by atoms with Gasteiger partial charge in [0.2, 0.25) is 0 Å². The van der Waals surface area contributed by atoms with E-state index in [0.717, 1.165) is 38.0 Å². The molecule has 6 nitrogen and oxygen atoms in total. The van der Waals surface area contributed by atoms with Crippen LogP contribution in [0.4, 0.5) is 5.69 Å². The number of carbonyl (C=O) groups is 2. The van der Waals surface area contributed by atoms with Gasteiger partial charge in [-0.1, -0.05) is 56.3 Å². The van der Waals surface area contributed by atoms with Gasteiger partial charge in [-0.05, 0) is 61.8 Å². The average molecular weight is 504 g/mol. The molecule has 1 aliphatic rings. The predicted molar refractivity (Wildman–Crippen MR) is 144 cm³/mol. The van der Waals surface area contributed by atoms with E-state index in [1.165, 1.54) is 0 Å². The van der Waals surface area contributed by atoms with Crippen molar-refractivity contribution in [1.29, 1.82) is 0 Å². The van der Waals surface area contributed by atoms with Crippen LogP contribution >= 0.6 is 0 Å². The van der Waals surface area contributed by atoms with Crippen molar-refractivity contribution in [2.75, 3.05) is 31.1 Å². The summed E-state index contributed by atoms with van der Waals surface area (Å²) in [4.78, 5) is 31.7. The Morgan fingerprint density at radius 2 is 1.58 bits per heavy atom. The molecular weight excluding hydrogens is 470 g/mol. The summed E-state index contributed by atoms with van der Waals surface area (Å²) in [5.74, 6) is -0.431. The first-order valence-corrected chi connectivity index (χ1v) is 13.7. The van der Waals surface area contributed by atoms with Crippen LogP contribution in [0.5, 0.6) is 0 Å². The molecule has 1 atom stereocenters. The minimum Gasteiger partial charge on any atom is -0.351 e. The van der Waals surface area contributed by atoms with E-state index in [0.29, 0.717) is 39.7 Å². The maximum absolute atomic E-state index is 13.7. The molecule has 0 radical (unpaired) electrons. The Morgan fingerprint density at radius 3 is 2.31 bits per heavy atom. The molecule has 0 aromatic heterocycles. The Labute approximate surface area is 215 Å². The summed E-state index contributed by atoms with van der Waals surface area (Å²) >= 11 is 0. The Hall–Kier alpha value is -3.29. The lowest BCUT2D eigenvalue weighted by Gasteiger charge is -2.24. The van der Waals surface area contributed by atoms with Crippen molar-refractivity contribution in [3.8, 4) is 0 Å². The zero-order valence-electron chi connectivity index (χ0n) is 20.9. The normalized spacial score (nSPS) is 14.8. The minimum absolute atomic E-state index is 0.203. The van der Waals surface area contributed by atoms with Crippen LogP contribution in [-0.4, -0.2) is 47.1 Å². The highest BCUT2D eigenvalue weighted by Crippen LogP contribution is 2.36. The number of amides is 2. The van der Waals surface area contributed by atoms with Gasteiger partial charge in [-0.3, -0.25) is 9.59 Å². The molecule has 36 heavy (non-hydrogen) atoms. The van der Waals surface area contributed by atoms with Crippen molar-refractivity contribution in [3.63, 3.8) is 0 Å². The van der Waals surface area contributed by atoms with Crippen molar-refractivity contribution in [1.82, 2.24) is 10.2 Å². The molecule has 2 amide bonds. The summed E-state index contributed by atoms with van der Waals surface area (Å²) < 4.78 is 13.5. The van der Waals surface area contributed by atoms with Gasteiger partial charge in [-0.2, -0.15) is 0 Å². The van der Waals surface area contributed by atoms with Crippen LogP contribution < -0.4 is 10.2 Å². The highest BCUT2D eigenvalue weighted by molar-refractivity contribution is 7.85. The van der Waals surface area contributed by atoms with Crippen LogP contribution in [0.25, 0.3) is 0 Å². The third-order valence-corrected chi connectivity index (χ3v) is 7.75. The quantitative estimate of drug-likeness (QED) is 0.429. The number of benzene rings is 3. The second-order valence-corrected chi connectivity index (χ2v) is 10.3. The fourth-order valence-corrected chi connectivity index (χ4v) is 5.87. The highest BCUT2D eigenvalue weighted by Gasteiger charge is 2.31. The number of rotatable bonds is 10. The van der Waals surface area contributed by atoms with Gasteiger partial charge in [0.25, 0.3) is 11.8 Å². The smallest absolute Gasteiger partial charge is 0.259 e. The molecule has 1 heterocycles. The van der Waals surface area contributed by atoms with E-state index in [-0.39, 0.29) is 11.8 Å². The molecule has 3 aromatic rings. The molecule has 7 heteroatoms. The van der Waals surface area contributed by atoms with E-state index < -0.39 is 10.8 Å². The SMILES string of the molecule is CCCN(CCC)CCNC(=O)c1ccc2c(c1)N(Cc1ccccc1)C(=O)c1ccccc1S2=O. The molecule has 1 aliphatic heterocycles. The number of nitrogens with one attached hydrogen (secondary N) is 1. The Bertz CT molecular complexity index is 1240. The fraction of sp³-hybridized carbons (Fsp3) is 0.310. The number of hydrogen-bond donors (Lipinski definition) is 1. The Morgan fingerprint density at radius 1 is 0.889 bits per heavy atom. The molecule has 0 aliphatic carbocycles. The van der Waals surface area contributed by atoms with Crippen LogP contribution in [-0.2, 0) is 17.3 Å². The average Bonchev–Trinajstić information content (AvgIpc) is 2.99. The summed E-state index contributed by atoms with van der Waals surface area (Å²) in [6.07, 6.45) is 2.15. The van der Waals surface area contributed by atoms with E-state index in [4.69, 9.17) is 0 Å². The first kappa shape index (κ1) is 25.8. The van der Waals surface area contributed by atoms with E-state index in [2.05, 4.69) is 24.1 Å². The van der Waals surface area contributed by atoms with E-state index >= 15 is 0 Å². The van der Waals surface area contributed by atoms with Crippen molar-refractivity contribution in [2.45, 2.75) is 43.0 Å². The van der Waals surface area contributed by atoms with Gasteiger partial charge < -0.3 is 15.1 Å². The second kappa shape index (κ2) is 12.1. The maximum atomic E-state index is 13.7. The maximum Gasteiger partial charge on any atom is 0.259 e. The second-order valence-electron chi connectivity index (χ2n) is 8.92. The largest absolute Gasteiger partial charge is 0.351 e. The molecule has 188 valence electrons. The van der Waals surface area contributed by atoms with Crippen molar-refractivity contribution in [2.24, 2.45) is 0 Å². The van der Waals surface area contributed by atoms with Gasteiger partial charge in [0.1, 0.15) is 0 Å². The lowest BCUT2D eigenvalue weighted by atomic mass is 10.1. The van der Waals surface area contributed by atoms with Crippen LogP contribution in [0.15, 0.2) is 82.6 Å². The van der Waals surface area contributed by atoms with Crippen molar-refractivity contribution >= 4 is 28.3 Å². The highest BCUT2D eigenvalue weighted by atomic mass is 32.2. The summed E-state index contributed by atoms with van der Waals surface area (Å²) in [6.45, 7) is 7.96. The van der Waals surface area contributed by atoms with Gasteiger partial charge in [0, 0.05) is 18.7 Å². The van der Waals surface area contributed by atoms with Crippen LogP contribution in [0.2, 0.25) is 0 Å². The minimum atomic E-state index is -1.55. The monoisotopic (exact) mass is 503 g/mol. The molecule has 0 bridgehead atoms. The molecule has 0 saturated heterocycles. The summed E-state index contributed by atoms with van der Waals surface area (Å²) in [5.41, 5.74) is 2.31. The zero-order valence-corrected chi connectivity index (χ0v) is 21.7. The first-order chi connectivity index (χ1) is 17.5. The third kappa shape index (κ3) is 5.74. The molecule has 4 rings (SSSR count). The number of anilines is 1. The van der Waals surface area contributed by atoms with Gasteiger partial charge in [0.05, 0.1) is 38.4 Å². The Balaban J connectivity index is 1.64. The molecule has 3 aromatic carbocycles. The number of fused-ring (bicyclic) bond motifs is 2. The molecule has 0 fully saturated rings. The Kier molecular flexibility index (Phi) is 8.67. The fourth-order valence-electron chi connectivity index (χ4n) is 4.53. The van der Waals surface area contributed by atoms with Gasteiger partial charge >= 0.3 is 0 Å². The molecule has 0 saturated carbocycles. The topological polar surface area (TPSA) is 69.7 Å². The van der Waals surface area contributed by atoms with Crippen molar-refractivity contribution < 1.29 is 13.8 Å². The molecule has 0 spiro atoms. The van der Waals surface area contributed by atoms with Crippen LogP contribution in [0.3, 0.4) is 0 Å². The molecule has 1 unspecified atom stereocenters.